The van der Waals surface area contributed by atoms with Crippen LogP contribution in [0.5, 0.6) is 0 Å². The van der Waals surface area contributed by atoms with Crippen molar-refractivity contribution < 1.29 is 9.47 Å². The molecule has 0 aromatic heterocycles. The van der Waals surface area contributed by atoms with Crippen LogP contribution in [0.4, 0.5) is 0 Å². The molecule has 1 fully saturated rings. The molecule has 1 aliphatic heterocycles. The molecule has 1 N–H and O–H groups in total. The first-order valence-corrected chi connectivity index (χ1v) is 5.65. The second-order valence-corrected chi connectivity index (χ2v) is 4.14. The third-order valence-corrected chi connectivity index (χ3v) is 2.80. The molecule has 0 radical (unpaired) electrons. The van der Waals surface area contributed by atoms with E-state index in [-0.39, 0.29) is 0 Å². The molecule has 0 aliphatic carbocycles. The quantitative estimate of drug-likeness (QED) is 0.632. The van der Waals surface area contributed by atoms with E-state index < -0.39 is 0 Å². The van der Waals surface area contributed by atoms with E-state index in [1.165, 1.54) is 12.8 Å². The Morgan fingerprint density at radius 1 is 1.57 bits per heavy atom. The zero-order valence-electron chi connectivity index (χ0n) is 9.42. The molecule has 14 heavy (non-hydrogen) atoms. The van der Waals surface area contributed by atoms with Crippen molar-refractivity contribution in [1.82, 2.24) is 5.32 Å². The Balaban J connectivity index is 1.84. The van der Waals surface area contributed by atoms with Gasteiger partial charge in [0.15, 0.2) is 0 Å². The van der Waals surface area contributed by atoms with Crippen LogP contribution < -0.4 is 5.32 Å². The summed E-state index contributed by atoms with van der Waals surface area (Å²) in [4.78, 5) is 0. The van der Waals surface area contributed by atoms with Crippen LogP contribution in [0, 0.1) is 5.92 Å². The Morgan fingerprint density at radius 2 is 2.43 bits per heavy atom. The highest BCUT2D eigenvalue weighted by Gasteiger charge is 2.15. The molecule has 1 aliphatic rings. The van der Waals surface area contributed by atoms with Crippen molar-refractivity contribution in [3.05, 3.63) is 0 Å². The monoisotopic (exact) mass is 201 g/mol. The summed E-state index contributed by atoms with van der Waals surface area (Å²) >= 11 is 0. The molecule has 0 aromatic rings. The van der Waals surface area contributed by atoms with Crippen molar-refractivity contribution >= 4 is 0 Å². The maximum absolute atomic E-state index is 5.60. The molecular formula is C11H23NO2. The Hall–Kier alpha value is -0.120. The lowest BCUT2D eigenvalue weighted by molar-refractivity contribution is 0.0864. The Bertz CT molecular complexity index is 135. The lowest BCUT2D eigenvalue weighted by atomic mass is 10.1. The van der Waals surface area contributed by atoms with Gasteiger partial charge >= 0.3 is 0 Å². The summed E-state index contributed by atoms with van der Waals surface area (Å²) in [5, 5.41) is 3.22. The van der Waals surface area contributed by atoms with Gasteiger partial charge in [-0.05, 0) is 33.2 Å². The molecule has 0 saturated carbocycles. The van der Waals surface area contributed by atoms with E-state index in [0.717, 1.165) is 32.8 Å². The smallest absolute Gasteiger partial charge is 0.0517 e. The molecule has 0 bridgehead atoms. The third-order valence-electron chi connectivity index (χ3n) is 2.80. The summed E-state index contributed by atoms with van der Waals surface area (Å²) in [6.45, 7) is 5.79. The maximum atomic E-state index is 5.60. The summed E-state index contributed by atoms with van der Waals surface area (Å²) in [7, 11) is 2.00. The van der Waals surface area contributed by atoms with Gasteiger partial charge in [-0.25, -0.2) is 0 Å². The zero-order valence-corrected chi connectivity index (χ0v) is 9.42. The Labute approximate surface area is 87.2 Å². The minimum Gasteiger partial charge on any atom is -0.381 e. The molecule has 0 spiro atoms. The molecule has 2 atom stereocenters. The van der Waals surface area contributed by atoms with Crippen LogP contribution >= 0.6 is 0 Å². The van der Waals surface area contributed by atoms with Crippen molar-refractivity contribution in [3.63, 3.8) is 0 Å². The number of nitrogens with one attached hydrogen (secondary N) is 1. The lowest BCUT2D eigenvalue weighted by Gasteiger charge is -2.11. The fraction of sp³-hybridized carbons (Fsp3) is 1.00. The van der Waals surface area contributed by atoms with Gasteiger partial charge < -0.3 is 14.8 Å². The predicted octanol–water partition coefficient (Wildman–Crippen LogP) is 1.43. The van der Waals surface area contributed by atoms with E-state index in [9.17, 15) is 0 Å². The van der Waals surface area contributed by atoms with Gasteiger partial charge in [-0.1, -0.05) is 0 Å². The maximum Gasteiger partial charge on any atom is 0.0517 e. The van der Waals surface area contributed by atoms with Gasteiger partial charge in [-0.15, -0.1) is 0 Å². The highest BCUT2D eigenvalue weighted by molar-refractivity contribution is 4.63. The molecule has 3 nitrogen and oxygen atoms in total. The predicted molar refractivity (Wildman–Crippen MR) is 57.5 cm³/mol. The first-order valence-electron chi connectivity index (χ1n) is 5.65. The van der Waals surface area contributed by atoms with Crippen molar-refractivity contribution in [2.24, 2.45) is 5.92 Å². The minimum absolute atomic E-state index is 0.605. The molecule has 0 amide bonds. The summed E-state index contributed by atoms with van der Waals surface area (Å²) in [5.41, 5.74) is 0. The molecule has 84 valence electrons. The van der Waals surface area contributed by atoms with Crippen LogP contribution in [-0.4, -0.2) is 39.5 Å². The summed E-state index contributed by atoms with van der Waals surface area (Å²) in [6, 6.07) is 0.605. The fourth-order valence-electron chi connectivity index (χ4n) is 1.60. The average Bonchev–Trinajstić information content (AvgIpc) is 2.69. The lowest BCUT2D eigenvalue weighted by Crippen LogP contribution is -2.21. The van der Waals surface area contributed by atoms with E-state index in [1.54, 1.807) is 0 Å². The van der Waals surface area contributed by atoms with Gasteiger partial charge in [0, 0.05) is 25.2 Å². The van der Waals surface area contributed by atoms with E-state index in [0.29, 0.717) is 12.0 Å². The second kappa shape index (κ2) is 7.21. The number of rotatable bonds is 7. The molecule has 2 unspecified atom stereocenters. The first kappa shape index (κ1) is 12.0. The van der Waals surface area contributed by atoms with Gasteiger partial charge in [0.25, 0.3) is 0 Å². The fourth-order valence-corrected chi connectivity index (χ4v) is 1.60. The van der Waals surface area contributed by atoms with Crippen molar-refractivity contribution in [2.45, 2.75) is 32.2 Å². The van der Waals surface area contributed by atoms with Crippen molar-refractivity contribution in [1.29, 1.82) is 0 Å². The highest BCUT2D eigenvalue weighted by Crippen LogP contribution is 2.12. The largest absolute Gasteiger partial charge is 0.381 e. The summed E-state index contributed by atoms with van der Waals surface area (Å²) in [5.74, 6) is 0.650. The normalized spacial score (nSPS) is 24.0. The second-order valence-electron chi connectivity index (χ2n) is 4.14. The SMILES string of the molecule is CNC(C)CCCOCC1CCOC1. The topological polar surface area (TPSA) is 30.5 Å². The average molecular weight is 201 g/mol. The molecule has 1 rings (SSSR count). The number of hydrogen-bond donors (Lipinski definition) is 1. The summed E-state index contributed by atoms with van der Waals surface area (Å²) in [6.07, 6.45) is 3.51. The molecule has 3 heteroatoms. The van der Waals surface area contributed by atoms with Gasteiger partial charge in [0.2, 0.25) is 0 Å². The van der Waals surface area contributed by atoms with Crippen LogP contribution in [0.15, 0.2) is 0 Å². The molecule has 0 aromatic carbocycles. The van der Waals surface area contributed by atoms with Gasteiger partial charge in [0.05, 0.1) is 13.2 Å². The Morgan fingerprint density at radius 3 is 3.07 bits per heavy atom. The number of hydrogen-bond acceptors (Lipinski definition) is 3. The first-order chi connectivity index (χ1) is 6.83. The standard InChI is InChI=1S/C11H23NO2/c1-10(12-2)4-3-6-13-8-11-5-7-14-9-11/h10-12H,3-9H2,1-2H3. The minimum atomic E-state index is 0.605. The summed E-state index contributed by atoms with van der Waals surface area (Å²) < 4.78 is 10.9. The molecule has 1 heterocycles. The van der Waals surface area contributed by atoms with E-state index in [1.807, 2.05) is 7.05 Å². The van der Waals surface area contributed by atoms with Crippen LogP contribution in [-0.2, 0) is 9.47 Å². The zero-order chi connectivity index (χ0) is 10.2. The van der Waals surface area contributed by atoms with Gasteiger partial charge in [-0.3, -0.25) is 0 Å². The van der Waals surface area contributed by atoms with E-state index in [2.05, 4.69) is 12.2 Å². The third kappa shape index (κ3) is 4.94. The molecular weight excluding hydrogens is 178 g/mol. The van der Waals surface area contributed by atoms with Crippen molar-refractivity contribution in [3.8, 4) is 0 Å². The molecule has 1 saturated heterocycles. The Kier molecular flexibility index (Phi) is 6.15. The number of ether oxygens (including phenoxy) is 2. The van der Waals surface area contributed by atoms with E-state index in [4.69, 9.17) is 9.47 Å². The van der Waals surface area contributed by atoms with Crippen LogP contribution in [0.3, 0.4) is 0 Å². The van der Waals surface area contributed by atoms with E-state index >= 15 is 0 Å². The van der Waals surface area contributed by atoms with Crippen LogP contribution in [0.1, 0.15) is 26.2 Å². The van der Waals surface area contributed by atoms with Crippen LogP contribution in [0.25, 0.3) is 0 Å². The van der Waals surface area contributed by atoms with Crippen LogP contribution in [0.2, 0.25) is 0 Å². The van der Waals surface area contributed by atoms with Crippen molar-refractivity contribution in [2.75, 3.05) is 33.5 Å². The van der Waals surface area contributed by atoms with Gasteiger partial charge in [0.1, 0.15) is 0 Å². The highest BCUT2D eigenvalue weighted by atomic mass is 16.5. The van der Waals surface area contributed by atoms with Gasteiger partial charge in [-0.2, -0.15) is 0 Å².